The Balaban J connectivity index is 2.48. The van der Waals surface area contributed by atoms with Gasteiger partial charge in [-0.15, -0.1) is 0 Å². The number of nitrogens with one attached hydrogen (secondary N) is 1. The Kier molecular flexibility index (Phi) is 3.71. The molecule has 0 saturated carbocycles. The minimum Gasteiger partial charge on any atom is -0.383 e. The fourth-order valence-corrected chi connectivity index (χ4v) is 1.83. The molecule has 5 N–H and O–H groups in total. The molecule has 2 aromatic rings. The maximum Gasteiger partial charge on any atom is 0.128 e. The Bertz CT molecular complexity index is 559. The largest absolute Gasteiger partial charge is 0.383 e. The van der Waals surface area contributed by atoms with Crippen LogP contribution in [0.15, 0.2) is 24.5 Å². The van der Waals surface area contributed by atoms with Crippen molar-refractivity contribution in [3.05, 3.63) is 46.6 Å². The second-order valence-corrected chi connectivity index (χ2v) is 4.19. The molecule has 1 unspecified atom stereocenters. The van der Waals surface area contributed by atoms with Crippen molar-refractivity contribution >= 4 is 17.4 Å². The number of anilines is 1. The van der Waals surface area contributed by atoms with E-state index in [1.54, 1.807) is 25.3 Å². The van der Waals surface area contributed by atoms with Crippen molar-refractivity contribution in [3.8, 4) is 0 Å². The van der Waals surface area contributed by atoms with Gasteiger partial charge in [-0.05, 0) is 19.1 Å². The fourth-order valence-electron chi connectivity index (χ4n) is 1.67. The van der Waals surface area contributed by atoms with Gasteiger partial charge in [-0.25, -0.2) is 20.4 Å². The van der Waals surface area contributed by atoms with Crippen molar-refractivity contribution in [3.63, 3.8) is 0 Å². The van der Waals surface area contributed by atoms with Gasteiger partial charge in [-0.1, -0.05) is 11.6 Å². The molecule has 0 aliphatic rings. The maximum atomic E-state index is 5.92. The third-order valence-corrected chi connectivity index (χ3v) is 2.69. The van der Waals surface area contributed by atoms with Crippen LogP contribution in [0.25, 0.3) is 0 Å². The van der Waals surface area contributed by atoms with Gasteiger partial charge in [-0.3, -0.25) is 5.84 Å². The molecule has 0 aliphatic carbocycles. The molecule has 1 atom stereocenters. The molecule has 94 valence electrons. The molecule has 0 aliphatic heterocycles. The summed E-state index contributed by atoms with van der Waals surface area (Å²) >= 11 is 5.92. The van der Waals surface area contributed by atoms with Crippen molar-refractivity contribution < 1.29 is 0 Å². The number of rotatable bonds is 3. The molecule has 0 fully saturated rings. The first-order chi connectivity index (χ1) is 8.61. The lowest BCUT2D eigenvalue weighted by Gasteiger charge is -2.17. The zero-order valence-electron chi connectivity index (χ0n) is 9.76. The van der Waals surface area contributed by atoms with Gasteiger partial charge in [0.1, 0.15) is 11.6 Å². The van der Waals surface area contributed by atoms with Crippen molar-refractivity contribution in [1.29, 1.82) is 0 Å². The fraction of sp³-hybridized carbons (Fsp3) is 0.182. The van der Waals surface area contributed by atoms with E-state index >= 15 is 0 Å². The highest BCUT2D eigenvalue weighted by Gasteiger charge is 2.18. The highest BCUT2D eigenvalue weighted by molar-refractivity contribution is 6.30. The number of aryl methyl sites for hydroxylation is 1. The summed E-state index contributed by atoms with van der Waals surface area (Å²) in [4.78, 5) is 12.4. The van der Waals surface area contributed by atoms with Crippen molar-refractivity contribution in [2.24, 2.45) is 5.84 Å². The van der Waals surface area contributed by atoms with Gasteiger partial charge in [0.2, 0.25) is 0 Å². The minimum atomic E-state index is -0.377. The zero-order valence-corrected chi connectivity index (χ0v) is 10.5. The molecule has 0 spiro atoms. The molecule has 0 bridgehead atoms. The standard InChI is InChI=1S/C11H13ClN6/c1-6-15-3-2-9(17-6)10(18-14)8-4-7(12)5-16-11(8)13/h2-5,10,18H,14H2,1H3,(H2,13,16). The average molecular weight is 265 g/mol. The van der Waals surface area contributed by atoms with E-state index in [1.165, 1.54) is 6.20 Å². The van der Waals surface area contributed by atoms with Crippen LogP contribution in [0.3, 0.4) is 0 Å². The summed E-state index contributed by atoms with van der Waals surface area (Å²) < 4.78 is 0. The van der Waals surface area contributed by atoms with Gasteiger partial charge in [0.15, 0.2) is 0 Å². The van der Waals surface area contributed by atoms with Crippen LogP contribution in [0.4, 0.5) is 5.82 Å². The number of hydrogen-bond acceptors (Lipinski definition) is 6. The van der Waals surface area contributed by atoms with E-state index in [9.17, 15) is 0 Å². The molecule has 2 rings (SSSR count). The highest BCUT2D eigenvalue weighted by atomic mass is 35.5. The Morgan fingerprint density at radius 3 is 2.83 bits per heavy atom. The number of hydrogen-bond donors (Lipinski definition) is 3. The van der Waals surface area contributed by atoms with Gasteiger partial charge in [0.05, 0.1) is 16.8 Å². The number of aromatic nitrogens is 3. The molecular weight excluding hydrogens is 252 g/mol. The van der Waals surface area contributed by atoms with Crippen LogP contribution in [0.5, 0.6) is 0 Å². The van der Waals surface area contributed by atoms with Crippen LogP contribution in [-0.4, -0.2) is 15.0 Å². The predicted octanol–water partition coefficient (Wildman–Crippen LogP) is 0.968. The van der Waals surface area contributed by atoms with E-state index < -0.39 is 0 Å². The topological polar surface area (TPSA) is 103 Å². The van der Waals surface area contributed by atoms with E-state index in [1.807, 2.05) is 0 Å². The third-order valence-electron chi connectivity index (χ3n) is 2.49. The molecular formula is C11H13ClN6. The third kappa shape index (κ3) is 2.56. The lowest BCUT2D eigenvalue weighted by atomic mass is 10.1. The Labute approximate surface area is 109 Å². The Morgan fingerprint density at radius 2 is 2.17 bits per heavy atom. The van der Waals surface area contributed by atoms with Crippen LogP contribution in [0.2, 0.25) is 5.02 Å². The molecule has 7 heteroatoms. The molecule has 6 nitrogen and oxygen atoms in total. The van der Waals surface area contributed by atoms with E-state index in [2.05, 4.69) is 20.4 Å². The van der Waals surface area contributed by atoms with E-state index in [0.717, 1.165) is 0 Å². The van der Waals surface area contributed by atoms with Gasteiger partial charge in [0.25, 0.3) is 0 Å². The van der Waals surface area contributed by atoms with Crippen LogP contribution >= 0.6 is 11.6 Å². The van der Waals surface area contributed by atoms with Gasteiger partial charge >= 0.3 is 0 Å². The second-order valence-electron chi connectivity index (χ2n) is 3.76. The van der Waals surface area contributed by atoms with Gasteiger partial charge < -0.3 is 5.73 Å². The van der Waals surface area contributed by atoms with Crippen LogP contribution < -0.4 is 17.0 Å². The minimum absolute atomic E-state index is 0.360. The second kappa shape index (κ2) is 5.26. The highest BCUT2D eigenvalue weighted by Crippen LogP contribution is 2.25. The molecule has 18 heavy (non-hydrogen) atoms. The van der Waals surface area contributed by atoms with Gasteiger partial charge in [-0.2, -0.15) is 0 Å². The maximum absolute atomic E-state index is 5.92. The first-order valence-corrected chi connectivity index (χ1v) is 5.66. The Morgan fingerprint density at radius 1 is 1.39 bits per heavy atom. The van der Waals surface area contributed by atoms with Crippen molar-refractivity contribution in [1.82, 2.24) is 20.4 Å². The first kappa shape index (κ1) is 12.7. The normalized spacial score (nSPS) is 12.4. The SMILES string of the molecule is Cc1nccc(C(NN)c2cc(Cl)cnc2N)n1. The van der Waals surface area contributed by atoms with Crippen LogP contribution in [0, 0.1) is 6.92 Å². The molecule has 0 amide bonds. The van der Waals surface area contributed by atoms with Crippen molar-refractivity contribution in [2.45, 2.75) is 13.0 Å². The van der Waals surface area contributed by atoms with E-state index in [4.69, 9.17) is 23.2 Å². The summed E-state index contributed by atoms with van der Waals surface area (Å²) in [5.74, 6) is 6.58. The molecule has 0 saturated heterocycles. The average Bonchev–Trinajstić information content (AvgIpc) is 2.35. The summed E-state index contributed by atoms with van der Waals surface area (Å²) in [6, 6.07) is 3.10. The van der Waals surface area contributed by atoms with Crippen molar-refractivity contribution in [2.75, 3.05) is 5.73 Å². The summed E-state index contributed by atoms with van der Waals surface area (Å²) in [6.45, 7) is 1.80. The van der Waals surface area contributed by atoms with Crippen LogP contribution in [-0.2, 0) is 0 Å². The first-order valence-electron chi connectivity index (χ1n) is 5.28. The number of hydrazine groups is 1. The molecule has 0 aromatic carbocycles. The molecule has 2 aromatic heterocycles. The summed E-state index contributed by atoms with van der Waals surface area (Å²) in [6.07, 6.45) is 3.15. The summed E-state index contributed by atoms with van der Waals surface area (Å²) in [7, 11) is 0. The van der Waals surface area contributed by atoms with E-state index in [0.29, 0.717) is 27.9 Å². The molecule has 0 radical (unpaired) electrons. The lowest BCUT2D eigenvalue weighted by Crippen LogP contribution is -2.30. The smallest absolute Gasteiger partial charge is 0.128 e. The predicted molar refractivity (Wildman–Crippen MR) is 69.6 cm³/mol. The zero-order chi connectivity index (χ0) is 13.1. The van der Waals surface area contributed by atoms with E-state index in [-0.39, 0.29) is 6.04 Å². The Hall–Kier alpha value is -1.76. The summed E-state index contributed by atoms with van der Waals surface area (Å²) in [5.41, 5.74) is 9.89. The number of pyridine rings is 1. The van der Waals surface area contributed by atoms with Crippen LogP contribution in [0.1, 0.15) is 23.1 Å². The monoisotopic (exact) mass is 264 g/mol. The number of nitrogens with zero attached hydrogens (tertiary/aromatic N) is 3. The summed E-state index contributed by atoms with van der Waals surface area (Å²) in [5, 5.41) is 0.491. The quantitative estimate of drug-likeness (QED) is 0.564. The number of halogens is 1. The van der Waals surface area contributed by atoms with Gasteiger partial charge in [0, 0.05) is 18.0 Å². The molecule has 2 heterocycles. The number of nitrogens with two attached hydrogens (primary N) is 2. The number of nitrogen functional groups attached to an aromatic ring is 1. The lowest BCUT2D eigenvalue weighted by molar-refractivity contribution is 0.616.